The molecule has 0 aliphatic carbocycles. The molecular formula is C9H6MgO6. The standard InChI is InChI=1S/C9H6O6.Mg/c10-7(11)4-2-1-3-5(8(12)13)6(4)9(14)15;/h1-3H,(H,10,11)(H,12,13)(H,14,15);. The van der Waals surface area contributed by atoms with Crippen molar-refractivity contribution in [1.82, 2.24) is 0 Å². The van der Waals surface area contributed by atoms with Crippen LogP contribution in [0.25, 0.3) is 0 Å². The van der Waals surface area contributed by atoms with Gasteiger partial charge in [0.2, 0.25) is 0 Å². The minimum Gasteiger partial charge on any atom is -0.478 e. The predicted molar refractivity (Wildman–Crippen MR) is 53.1 cm³/mol. The first kappa shape index (κ1) is 14.4. The van der Waals surface area contributed by atoms with Crippen LogP contribution >= 0.6 is 0 Å². The van der Waals surface area contributed by atoms with Gasteiger partial charge in [0.15, 0.2) is 0 Å². The monoisotopic (exact) mass is 234 g/mol. The van der Waals surface area contributed by atoms with E-state index in [1.54, 1.807) is 0 Å². The SMILES string of the molecule is O=C(O)c1cccc(C(=O)O)c1C(=O)O.[Mg]. The third kappa shape index (κ3) is 2.70. The summed E-state index contributed by atoms with van der Waals surface area (Å²) in [5.41, 5.74) is -1.79. The fraction of sp³-hybridized carbons (Fsp3) is 0. The van der Waals surface area contributed by atoms with Gasteiger partial charge in [0, 0.05) is 23.1 Å². The second-order valence-electron chi connectivity index (χ2n) is 2.64. The lowest BCUT2D eigenvalue weighted by molar-refractivity contribution is 0.0633. The van der Waals surface area contributed by atoms with Crippen molar-refractivity contribution in [2.45, 2.75) is 0 Å². The summed E-state index contributed by atoms with van der Waals surface area (Å²) in [6.45, 7) is 0. The first-order chi connectivity index (χ1) is 6.95. The topological polar surface area (TPSA) is 112 Å². The maximum atomic E-state index is 10.7. The molecule has 0 aliphatic rings. The number of carbonyl (C=O) groups is 3. The summed E-state index contributed by atoms with van der Waals surface area (Å²) in [5, 5.41) is 26.0. The molecule has 80 valence electrons. The van der Waals surface area contributed by atoms with Gasteiger partial charge in [0.25, 0.3) is 0 Å². The first-order valence-corrected chi connectivity index (χ1v) is 3.78. The van der Waals surface area contributed by atoms with Gasteiger partial charge in [0.05, 0.1) is 16.7 Å². The molecule has 0 saturated heterocycles. The maximum absolute atomic E-state index is 10.7. The molecule has 3 N–H and O–H groups in total. The van der Waals surface area contributed by atoms with Gasteiger partial charge in [-0.3, -0.25) is 0 Å². The van der Waals surface area contributed by atoms with Gasteiger partial charge in [-0.2, -0.15) is 0 Å². The van der Waals surface area contributed by atoms with Gasteiger partial charge in [0.1, 0.15) is 0 Å². The van der Waals surface area contributed by atoms with Crippen molar-refractivity contribution in [2.75, 3.05) is 0 Å². The number of benzene rings is 1. The van der Waals surface area contributed by atoms with Crippen LogP contribution in [0.3, 0.4) is 0 Å². The molecule has 0 spiro atoms. The third-order valence-electron chi connectivity index (χ3n) is 1.74. The van der Waals surface area contributed by atoms with Gasteiger partial charge in [-0.25, -0.2) is 14.4 Å². The average molecular weight is 234 g/mol. The molecule has 16 heavy (non-hydrogen) atoms. The second kappa shape index (κ2) is 5.47. The Morgan fingerprint density at radius 2 is 1.19 bits per heavy atom. The van der Waals surface area contributed by atoms with E-state index >= 15 is 0 Å². The molecule has 7 heteroatoms. The molecule has 1 aromatic carbocycles. The Bertz CT molecular complexity index is 421. The minimum atomic E-state index is -1.58. The molecule has 0 aromatic heterocycles. The molecule has 1 aromatic rings. The number of rotatable bonds is 3. The molecule has 0 atom stereocenters. The van der Waals surface area contributed by atoms with E-state index < -0.39 is 34.6 Å². The summed E-state index contributed by atoms with van der Waals surface area (Å²) in [6.07, 6.45) is 0. The largest absolute Gasteiger partial charge is 0.478 e. The van der Waals surface area contributed by atoms with Crippen LogP contribution in [0, 0.1) is 0 Å². The van der Waals surface area contributed by atoms with E-state index in [0.717, 1.165) is 12.1 Å². The molecule has 0 heterocycles. The Balaban J connectivity index is 0.00000225. The lowest BCUT2D eigenvalue weighted by atomic mass is 10.0. The molecule has 0 fully saturated rings. The summed E-state index contributed by atoms with van der Waals surface area (Å²) in [5.74, 6) is -4.53. The Kier molecular flexibility index (Phi) is 4.92. The van der Waals surface area contributed by atoms with Gasteiger partial charge in [-0.15, -0.1) is 0 Å². The molecule has 0 unspecified atom stereocenters. The highest BCUT2D eigenvalue weighted by molar-refractivity contribution is 6.08. The van der Waals surface area contributed by atoms with Crippen molar-refractivity contribution >= 4 is 41.0 Å². The molecule has 1 rings (SSSR count). The molecule has 6 nitrogen and oxygen atoms in total. The van der Waals surface area contributed by atoms with Crippen LogP contribution in [-0.2, 0) is 0 Å². The maximum Gasteiger partial charge on any atom is 0.337 e. The number of hydrogen-bond donors (Lipinski definition) is 3. The first-order valence-electron chi connectivity index (χ1n) is 3.78. The summed E-state index contributed by atoms with van der Waals surface area (Å²) in [4.78, 5) is 32.0. The average Bonchev–Trinajstić information content (AvgIpc) is 2.16. The smallest absolute Gasteiger partial charge is 0.337 e. The number of carboxylic acid groups (broad SMARTS) is 3. The highest BCUT2D eigenvalue weighted by Gasteiger charge is 2.22. The van der Waals surface area contributed by atoms with E-state index in [2.05, 4.69) is 0 Å². The van der Waals surface area contributed by atoms with Crippen molar-refractivity contribution in [1.29, 1.82) is 0 Å². The molecular weight excluding hydrogens is 228 g/mol. The fourth-order valence-electron chi connectivity index (χ4n) is 1.14. The Morgan fingerprint density at radius 1 is 0.812 bits per heavy atom. The zero-order valence-electron chi connectivity index (χ0n) is 8.01. The number of hydrogen-bond acceptors (Lipinski definition) is 3. The van der Waals surface area contributed by atoms with Gasteiger partial charge >= 0.3 is 17.9 Å². The van der Waals surface area contributed by atoms with Gasteiger partial charge in [-0.1, -0.05) is 6.07 Å². The summed E-state index contributed by atoms with van der Waals surface area (Å²) >= 11 is 0. The van der Waals surface area contributed by atoms with Crippen molar-refractivity contribution in [3.05, 3.63) is 34.9 Å². The Morgan fingerprint density at radius 3 is 1.44 bits per heavy atom. The molecule has 0 bridgehead atoms. The van der Waals surface area contributed by atoms with Gasteiger partial charge in [-0.05, 0) is 12.1 Å². The zero-order chi connectivity index (χ0) is 11.6. The zero-order valence-corrected chi connectivity index (χ0v) is 9.42. The van der Waals surface area contributed by atoms with Crippen LogP contribution in [0.5, 0.6) is 0 Å². The Hall–Kier alpha value is -1.60. The quantitative estimate of drug-likeness (QED) is 0.653. The van der Waals surface area contributed by atoms with E-state index in [0.29, 0.717) is 0 Å². The highest BCUT2D eigenvalue weighted by atomic mass is 24.3. The van der Waals surface area contributed by atoms with Crippen molar-refractivity contribution in [3.8, 4) is 0 Å². The second-order valence-corrected chi connectivity index (χ2v) is 2.64. The van der Waals surface area contributed by atoms with Crippen LogP contribution in [-0.4, -0.2) is 56.3 Å². The van der Waals surface area contributed by atoms with E-state index in [-0.39, 0.29) is 23.1 Å². The summed E-state index contributed by atoms with van der Waals surface area (Å²) in [6, 6.07) is 3.26. The van der Waals surface area contributed by atoms with Crippen molar-refractivity contribution in [3.63, 3.8) is 0 Å². The lowest BCUT2D eigenvalue weighted by Crippen LogP contribution is -2.14. The fourth-order valence-corrected chi connectivity index (χ4v) is 1.14. The van der Waals surface area contributed by atoms with E-state index in [1.165, 1.54) is 6.07 Å². The van der Waals surface area contributed by atoms with Crippen LogP contribution in [0.2, 0.25) is 0 Å². The molecule has 0 saturated carbocycles. The molecule has 0 amide bonds. The van der Waals surface area contributed by atoms with E-state index in [1.807, 2.05) is 0 Å². The van der Waals surface area contributed by atoms with E-state index in [4.69, 9.17) is 15.3 Å². The minimum absolute atomic E-state index is 0. The van der Waals surface area contributed by atoms with Crippen LogP contribution in [0.1, 0.15) is 31.1 Å². The lowest BCUT2D eigenvalue weighted by Gasteiger charge is -2.04. The molecule has 2 radical (unpaired) electrons. The molecule has 0 aliphatic heterocycles. The van der Waals surface area contributed by atoms with Crippen LogP contribution < -0.4 is 0 Å². The third-order valence-corrected chi connectivity index (χ3v) is 1.74. The van der Waals surface area contributed by atoms with E-state index in [9.17, 15) is 14.4 Å². The van der Waals surface area contributed by atoms with Gasteiger partial charge < -0.3 is 15.3 Å². The van der Waals surface area contributed by atoms with Crippen LogP contribution in [0.4, 0.5) is 0 Å². The van der Waals surface area contributed by atoms with Crippen molar-refractivity contribution < 1.29 is 29.7 Å². The van der Waals surface area contributed by atoms with Crippen LogP contribution in [0.15, 0.2) is 18.2 Å². The van der Waals surface area contributed by atoms with Crippen molar-refractivity contribution in [2.24, 2.45) is 0 Å². The predicted octanol–water partition coefficient (Wildman–Crippen LogP) is 0.400. The number of aromatic carboxylic acids is 3. The summed E-state index contributed by atoms with van der Waals surface area (Å²) < 4.78 is 0. The number of carboxylic acids is 3. The summed E-state index contributed by atoms with van der Waals surface area (Å²) in [7, 11) is 0. The normalized spacial score (nSPS) is 9.00. The Labute approximate surface area is 106 Å². The highest BCUT2D eigenvalue weighted by Crippen LogP contribution is 2.15.